The number of fused-ring (bicyclic) bond motifs is 1. The number of nitrogens with zero attached hydrogens (tertiary/aromatic N) is 2. The van der Waals surface area contributed by atoms with E-state index in [2.05, 4.69) is 15.3 Å². The standard InChI is InChI=1S/C22H21ClFN3O4/c23-16-2-1-3-17(21(16)24)27-22-15-8-19(30-13-4-6-28-10-13)20(9-18(15)25-12-26-22)31-14-5-7-29-11-14/h1-3,8-9,12-14H,4-7,10-11H2,(H,25,26,27)/t13-,14?/m0/s1. The van der Waals surface area contributed by atoms with Crippen LogP contribution in [-0.4, -0.2) is 48.6 Å². The van der Waals surface area contributed by atoms with E-state index in [0.29, 0.717) is 54.6 Å². The summed E-state index contributed by atoms with van der Waals surface area (Å²) in [5.41, 5.74) is 0.867. The highest BCUT2D eigenvalue weighted by molar-refractivity contribution is 6.31. The Bertz CT molecular complexity index is 1090. The summed E-state index contributed by atoms with van der Waals surface area (Å²) < 4.78 is 37.7. The molecule has 2 aliphatic rings. The maximum atomic E-state index is 14.4. The largest absolute Gasteiger partial charge is 0.484 e. The molecule has 162 valence electrons. The summed E-state index contributed by atoms with van der Waals surface area (Å²) in [7, 11) is 0. The zero-order chi connectivity index (χ0) is 21.2. The Balaban J connectivity index is 1.53. The Hall–Kier alpha value is -2.68. The molecule has 0 amide bonds. The van der Waals surface area contributed by atoms with E-state index in [-0.39, 0.29) is 22.9 Å². The maximum Gasteiger partial charge on any atom is 0.165 e. The van der Waals surface area contributed by atoms with Gasteiger partial charge in [-0.2, -0.15) is 0 Å². The van der Waals surface area contributed by atoms with Crippen LogP contribution >= 0.6 is 11.6 Å². The lowest BCUT2D eigenvalue weighted by Crippen LogP contribution is -2.19. The molecule has 0 aliphatic carbocycles. The van der Waals surface area contributed by atoms with Crippen molar-refractivity contribution in [1.29, 1.82) is 0 Å². The minimum Gasteiger partial charge on any atom is -0.484 e. The van der Waals surface area contributed by atoms with E-state index in [9.17, 15) is 4.39 Å². The second-order valence-corrected chi connectivity index (χ2v) is 7.88. The first kappa shape index (κ1) is 20.2. The molecule has 9 heteroatoms. The van der Waals surface area contributed by atoms with E-state index in [1.807, 2.05) is 12.1 Å². The quantitative estimate of drug-likeness (QED) is 0.598. The second kappa shape index (κ2) is 8.82. The van der Waals surface area contributed by atoms with Gasteiger partial charge in [0.15, 0.2) is 17.3 Å². The summed E-state index contributed by atoms with van der Waals surface area (Å²) in [4.78, 5) is 8.67. The highest BCUT2D eigenvalue weighted by atomic mass is 35.5. The molecule has 0 radical (unpaired) electrons. The lowest BCUT2D eigenvalue weighted by atomic mass is 10.2. The van der Waals surface area contributed by atoms with Crippen molar-refractivity contribution < 1.29 is 23.3 Å². The number of nitrogens with one attached hydrogen (secondary N) is 1. The van der Waals surface area contributed by atoms with E-state index in [0.717, 1.165) is 12.8 Å². The van der Waals surface area contributed by atoms with Crippen LogP contribution in [0.1, 0.15) is 12.8 Å². The van der Waals surface area contributed by atoms with Crippen molar-refractivity contribution in [3.8, 4) is 11.5 Å². The molecule has 2 aliphatic heterocycles. The number of hydrogen-bond donors (Lipinski definition) is 1. The molecule has 2 aromatic carbocycles. The first-order valence-corrected chi connectivity index (χ1v) is 10.5. The fourth-order valence-corrected chi connectivity index (χ4v) is 3.82. The summed E-state index contributed by atoms with van der Waals surface area (Å²) in [6, 6.07) is 8.40. The first-order chi connectivity index (χ1) is 15.2. The maximum absolute atomic E-state index is 14.4. The molecular weight excluding hydrogens is 425 g/mol. The molecule has 31 heavy (non-hydrogen) atoms. The Morgan fingerprint density at radius 2 is 1.71 bits per heavy atom. The molecule has 0 saturated carbocycles. The molecule has 0 spiro atoms. The van der Waals surface area contributed by atoms with Crippen molar-refractivity contribution in [1.82, 2.24) is 9.97 Å². The molecule has 2 atom stereocenters. The van der Waals surface area contributed by atoms with Gasteiger partial charge in [-0.1, -0.05) is 17.7 Å². The smallest absolute Gasteiger partial charge is 0.165 e. The van der Waals surface area contributed by atoms with Crippen LogP contribution in [0.2, 0.25) is 5.02 Å². The van der Waals surface area contributed by atoms with Crippen molar-refractivity contribution >= 4 is 34.0 Å². The molecule has 2 fully saturated rings. The predicted octanol–water partition coefficient (Wildman–Crippen LogP) is 4.50. The molecule has 0 bridgehead atoms. The highest BCUT2D eigenvalue weighted by Gasteiger charge is 2.24. The molecule has 2 saturated heterocycles. The third kappa shape index (κ3) is 4.37. The van der Waals surface area contributed by atoms with Crippen LogP contribution in [0.25, 0.3) is 10.9 Å². The van der Waals surface area contributed by atoms with Crippen LogP contribution in [0.15, 0.2) is 36.7 Å². The number of anilines is 2. The average molecular weight is 446 g/mol. The van der Waals surface area contributed by atoms with Crippen LogP contribution in [-0.2, 0) is 9.47 Å². The molecule has 3 heterocycles. The zero-order valence-corrected chi connectivity index (χ0v) is 17.4. The lowest BCUT2D eigenvalue weighted by molar-refractivity contribution is 0.123. The fourth-order valence-electron chi connectivity index (χ4n) is 3.65. The van der Waals surface area contributed by atoms with Gasteiger partial charge in [-0.3, -0.25) is 0 Å². The van der Waals surface area contributed by atoms with Crippen LogP contribution in [0.4, 0.5) is 15.9 Å². The zero-order valence-electron chi connectivity index (χ0n) is 16.6. The van der Waals surface area contributed by atoms with E-state index < -0.39 is 5.82 Å². The Labute approximate surface area is 183 Å². The van der Waals surface area contributed by atoms with E-state index >= 15 is 0 Å². The second-order valence-electron chi connectivity index (χ2n) is 7.47. The van der Waals surface area contributed by atoms with Crippen LogP contribution < -0.4 is 14.8 Å². The van der Waals surface area contributed by atoms with E-state index in [4.69, 9.17) is 30.5 Å². The summed E-state index contributed by atoms with van der Waals surface area (Å²) in [5, 5.41) is 3.72. The minimum absolute atomic E-state index is 0.0306. The Kier molecular flexibility index (Phi) is 5.76. The first-order valence-electron chi connectivity index (χ1n) is 10.2. The molecule has 5 rings (SSSR count). The van der Waals surface area contributed by atoms with Gasteiger partial charge in [-0.15, -0.1) is 0 Å². The number of ether oxygens (including phenoxy) is 4. The number of hydrogen-bond acceptors (Lipinski definition) is 7. The van der Waals surface area contributed by atoms with Gasteiger partial charge in [0.2, 0.25) is 0 Å². The number of benzene rings is 2. The van der Waals surface area contributed by atoms with Gasteiger partial charge < -0.3 is 24.3 Å². The molecule has 1 N–H and O–H groups in total. The SMILES string of the molecule is Fc1c(Cl)cccc1Nc1ncnc2cc(OC3CCOC3)c(O[C@H]3CCOC3)cc12. The van der Waals surface area contributed by atoms with Crippen LogP contribution in [0.3, 0.4) is 0 Å². The van der Waals surface area contributed by atoms with Gasteiger partial charge in [0.05, 0.1) is 42.7 Å². The van der Waals surface area contributed by atoms with Crippen molar-refractivity contribution in [2.24, 2.45) is 0 Å². The lowest BCUT2D eigenvalue weighted by Gasteiger charge is -2.20. The monoisotopic (exact) mass is 445 g/mol. The van der Waals surface area contributed by atoms with Crippen molar-refractivity contribution in [3.63, 3.8) is 0 Å². The molecular formula is C22H21ClFN3O4. The third-order valence-corrected chi connectivity index (χ3v) is 5.56. The number of halogens is 2. The molecule has 1 unspecified atom stereocenters. The normalized spacial score (nSPS) is 20.8. The number of rotatable bonds is 6. The van der Waals surface area contributed by atoms with E-state index in [1.165, 1.54) is 12.4 Å². The van der Waals surface area contributed by atoms with Crippen molar-refractivity contribution in [2.75, 3.05) is 31.7 Å². The third-order valence-electron chi connectivity index (χ3n) is 5.27. The Morgan fingerprint density at radius 1 is 1.00 bits per heavy atom. The van der Waals surface area contributed by atoms with Gasteiger partial charge >= 0.3 is 0 Å². The van der Waals surface area contributed by atoms with Gasteiger partial charge in [0, 0.05) is 24.3 Å². The highest BCUT2D eigenvalue weighted by Crippen LogP contribution is 2.37. The van der Waals surface area contributed by atoms with Crippen LogP contribution in [0, 0.1) is 5.82 Å². The van der Waals surface area contributed by atoms with Gasteiger partial charge in [-0.05, 0) is 18.2 Å². The van der Waals surface area contributed by atoms with E-state index in [1.54, 1.807) is 12.1 Å². The number of aromatic nitrogens is 2. The average Bonchev–Trinajstić information content (AvgIpc) is 3.47. The fraction of sp³-hybridized carbons (Fsp3) is 0.364. The summed E-state index contributed by atoms with van der Waals surface area (Å²) in [6.07, 6.45) is 2.93. The summed E-state index contributed by atoms with van der Waals surface area (Å²) in [6.45, 7) is 2.39. The van der Waals surface area contributed by atoms with Gasteiger partial charge in [0.25, 0.3) is 0 Å². The minimum atomic E-state index is -0.545. The summed E-state index contributed by atoms with van der Waals surface area (Å²) >= 11 is 5.91. The Morgan fingerprint density at radius 3 is 2.39 bits per heavy atom. The predicted molar refractivity (Wildman–Crippen MR) is 114 cm³/mol. The molecule has 7 nitrogen and oxygen atoms in total. The van der Waals surface area contributed by atoms with Gasteiger partial charge in [0.1, 0.15) is 24.4 Å². The topological polar surface area (TPSA) is 74.7 Å². The van der Waals surface area contributed by atoms with Gasteiger partial charge in [-0.25, -0.2) is 14.4 Å². The van der Waals surface area contributed by atoms with Crippen molar-refractivity contribution in [3.05, 3.63) is 47.5 Å². The molecule has 1 aromatic heterocycles. The van der Waals surface area contributed by atoms with Crippen LogP contribution in [0.5, 0.6) is 11.5 Å². The van der Waals surface area contributed by atoms with Crippen molar-refractivity contribution in [2.45, 2.75) is 25.0 Å². The molecule has 3 aromatic rings. The summed E-state index contributed by atoms with van der Waals surface area (Å²) in [5.74, 6) is 1.05.